The van der Waals surface area contributed by atoms with Gasteiger partial charge in [-0.1, -0.05) is 23.4 Å². The second-order valence-corrected chi connectivity index (χ2v) is 6.33. The van der Waals surface area contributed by atoms with Gasteiger partial charge in [-0.2, -0.15) is 5.10 Å². The lowest BCUT2D eigenvalue weighted by Crippen LogP contribution is -1.99. The molecule has 0 aliphatic rings. The zero-order chi connectivity index (χ0) is 18.0. The smallest absolute Gasteiger partial charge is 0.307 e. The Morgan fingerprint density at radius 3 is 2.88 bits per heavy atom. The summed E-state index contributed by atoms with van der Waals surface area (Å²) in [5.74, 6) is 1.61. The van der Waals surface area contributed by atoms with Crippen LogP contribution >= 0.6 is 23.4 Å². The van der Waals surface area contributed by atoms with Crippen molar-refractivity contribution in [2.24, 2.45) is 7.05 Å². The molecule has 25 heavy (non-hydrogen) atoms. The minimum Gasteiger partial charge on any atom is -0.496 e. The fourth-order valence-electron chi connectivity index (χ4n) is 2.17. The first-order valence-corrected chi connectivity index (χ1v) is 8.39. The lowest BCUT2D eigenvalue weighted by molar-refractivity contribution is -0.385. The molecule has 0 saturated heterocycles. The van der Waals surface area contributed by atoms with E-state index in [0.717, 1.165) is 5.56 Å². The molecule has 0 bridgehead atoms. The van der Waals surface area contributed by atoms with Gasteiger partial charge in [-0.25, -0.2) is 0 Å². The van der Waals surface area contributed by atoms with Gasteiger partial charge >= 0.3 is 5.69 Å². The van der Waals surface area contributed by atoms with Gasteiger partial charge in [0, 0.05) is 12.1 Å². The third-order valence-corrected chi connectivity index (χ3v) is 4.64. The average Bonchev–Trinajstić information content (AvgIpc) is 3.20. The van der Waals surface area contributed by atoms with E-state index in [2.05, 4.69) is 15.3 Å². The number of rotatable bonds is 6. The number of hydrogen-bond acceptors (Lipinski definition) is 7. The van der Waals surface area contributed by atoms with Crippen molar-refractivity contribution in [3.63, 3.8) is 0 Å². The summed E-state index contributed by atoms with van der Waals surface area (Å²) in [4.78, 5) is 10.2. The van der Waals surface area contributed by atoms with Crippen molar-refractivity contribution in [1.29, 1.82) is 0 Å². The maximum absolute atomic E-state index is 10.7. The Hall–Kier alpha value is -2.59. The van der Waals surface area contributed by atoms with E-state index < -0.39 is 4.92 Å². The van der Waals surface area contributed by atoms with Crippen molar-refractivity contribution in [1.82, 2.24) is 24.5 Å². The number of hydrogen-bond donors (Lipinski definition) is 0. The average molecular weight is 381 g/mol. The molecule has 0 N–H and O–H groups in total. The third kappa shape index (κ3) is 3.59. The Kier molecular flexibility index (Phi) is 4.91. The SMILES string of the molecule is COc1ccc(Cl)cc1-c1nnc(SCn2cc([N+](=O)[O-])cn2)n1C. The molecule has 0 amide bonds. The number of methoxy groups -OCH3 is 1. The fraction of sp³-hybridized carbons (Fsp3) is 0.214. The molecule has 2 heterocycles. The van der Waals surface area contributed by atoms with Crippen LogP contribution in [-0.2, 0) is 12.9 Å². The molecule has 0 aliphatic heterocycles. The quantitative estimate of drug-likeness (QED) is 0.368. The summed E-state index contributed by atoms with van der Waals surface area (Å²) in [6.07, 6.45) is 2.57. The molecule has 0 fully saturated rings. The van der Waals surface area contributed by atoms with Crippen LogP contribution in [0.4, 0.5) is 5.69 Å². The first-order chi connectivity index (χ1) is 12.0. The third-order valence-electron chi connectivity index (χ3n) is 3.39. The largest absolute Gasteiger partial charge is 0.496 e. The van der Waals surface area contributed by atoms with Gasteiger partial charge < -0.3 is 9.30 Å². The van der Waals surface area contributed by atoms with Gasteiger partial charge in [-0.3, -0.25) is 14.8 Å². The summed E-state index contributed by atoms with van der Waals surface area (Å²) in [5.41, 5.74) is 0.675. The lowest BCUT2D eigenvalue weighted by Gasteiger charge is -2.09. The minimum absolute atomic E-state index is 0.0529. The Labute approximate surface area is 151 Å². The molecule has 1 aromatic carbocycles. The molecule has 9 nitrogen and oxygen atoms in total. The Morgan fingerprint density at radius 2 is 2.20 bits per heavy atom. The van der Waals surface area contributed by atoms with Crippen molar-refractivity contribution in [3.8, 4) is 17.1 Å². The second-order valence-electron chi connectivity index (χ2n) is 4.98. The van der Waals surface area contributed by atoms with Crippen molar-refractivity contribution in [2.45, 2.75) is 11.0 Å². The molecule has 0 saturated carbocycles. The molecule has 130 valence electrons. The van der Waals surface area contributed by atoms with Crippen LogP contribution in [0.3, 0.4) is 0 Å². The predicted octanol–water partition coefficient (Wildman–Crippen LogP) is 3.00. The number of thioether (sulfide) groups is 1. The van der Waals surface area contributed by atoms with Crippen LogP contribution < -0.4 is 4.74 Å². The summed E-state index contributed by atoms with van der Waals surface area (Å²) < 4.78 is 8.62. The van der Waals surface area contributed by atoms with Crippen LogP contribution in [0.2, 0.25) is 5.02 Å². The molecule has 0 unspecified atom stereocenters. The Balaban J connectivity index is 1.81. The highest BCUT2D eigenvalue weighted by molar-refractivity contribution is 7.98. The van der Waals surface area contributed by atoms with Crippen LogP contribution in [0, 0.1) is 10.1 Å². The highest BCUT2D eigenvalue weighted by Gasteiger charge is 2.16. The molecule has 2 aromatic heterocycles. The van der Waals surface area contributed by atoms with Gasteiger partial charge in [-0.15, -0.1) is 10.2 Å². The maximum atomic E-state index is 10.7. The van der Waals surface area contributed by atoms with Crippen LogP contribution in [0.15, 0.2) is 35.7 Å². The van der Waals surface area contributed by atoms with Crippen molar-refractivity contribution < 1.29 is 9.66 Å². The molecule has 3 aromatic rings. The van der Waals surface area contributed by atoms with E-state index in [0.29, 0.717) is 27.6 Å². The van der Waals surface area contributed by atoms with Crippen LogP contribution in [0.1, 0.15) is 0 Å². The van der Waals surface area contributed by atoms with E-state index in [1.165, 1.54) is 28.8 Å². The number of nitrogens with zero attached hydrogens (tertiary/aromatic N) is 6. The normalized spacial score (nSPS) is 10.8. The number of nitro groups is 1. The molecule has 0 spiro atoms. The summed E-state index contributed by atoms with van der Waals surface area (Å²) in [6, 6.07) is 5.26. The summed E-state index contributed by atoms with van der Waals surface area (Å²) >= 11 is 7.42. The van der Waals surface area contributed by atoms with E-state index in [9.17, 15) is 10.1 Å². The minimum atomic E-state index is -0.486. The van der Waals surface area contributed by atoms with Gasteiger partial charge in [0.05, 0.1) is 23.5 Å². The van der Waals surface area contributed by atoms with Crippen molar-refractivity contribution in [2.75, 3.05) is 7.11 Å². The lowest BCUT2D eigenvalue weighted by atomic mass is 10.2. The predicted molar refractivity (Wildman–Crippen MR) is 92.7 cm³/mol. The number of halogens is 1. The molecule has 11 heteroatoms. The maximum Gasteiger partial charge on any atom is 0.307 e. The summed E-state index contributed by atoms with van der Waals surface area (Å²) in [6.45, 7) is 0. The molecule has 0 atom stereocenters. The summed E-state index contributed by atoms with van der Waals surface area (Å²) in [5, 5.41) is 24.2. The molecular formula is C14H13ClN6O3S. The second kappa shape index (κ2) is 7.11. The molecule has 0 radical (unpaired) electrons. The molecule has 0 aliphatic carbocycles. The van der Waals surface area contributed by atoms with E-state index in [1.807, 2.05) is 7.05 Å². The monoisotopic (exact) mass is 380 g/mol. The number of aromatic nitrogens is 5. The van der Waals surface area contributed by atoms with Crippen molar-refractivity contribution in [3.05, 3.63) is 45.7 Å². The zero-order valence-electron chi connectivity index (χ0n) is 13.3. The van der Waals surface area contributed by atoms with Gasteiger partial charge in [0.2, 0.25) is 0 Å². The van der Waals surface area contributed by atoms with Gasteiger partial charge in [0.1, 0.15) is 18.1 Å². The number of benzene rings is 1. The Morgan fingerprint density at radius 1 is 1.40 bits per heavy atom. The first-order valence-electron chi connectivity index (χ1n) is 7.02. The van der Waals surface area contributed by atoms with Crippen LogP contribution in [0.5, 0.6) is 5.75 Å². The van der Waals surface area contributed by atoms with E-state index in [1.54, 1.807) is 29.9 Å². The topological polar surface area (TPSA) is 101 Å². The van der Waals surface area contributed by atoms with E-state index >= 15 is 0 Å². The van der Waals surface area contributed by atoms with E-state index in [-0.39, 0.29) is 5.69 Å². The first kappa shape index (κ1) is 17.2. The molecular weight excluding hydrogens is 368 g/mol. The van der Waals surface area contributed by atoms with Gasteiger partial charge in [-0.05, 0) is 18.2 Å². The van der Waals surface area contributed by atoms with Crippen molar-refractivity contribution >= 4 is 29.1 Å². The number of ether oxygens (including phenoxy) is 1. The zero-order valence-corrected chi connectivity index (χ0v) is 14.9. The van der Waals surface area contributed by atoms with Gasteiger partial charge in [0.15, 0.2) is 11.0 Å². The van der Waals surface area contributed by atoms with Gasteiger partial charge in [0.25, 0.3) is 0 Å². The van der Waals surface area contributed by atoms with Crippen LogP contribution in [-0.4, -0.2) is 36.6 Å². The van der Waals surface area contributed by atoms with Crippen LogP contribution in [0.25, 0.3) is 11.4 Å². The standard InChI is InChI=1S/C14H13ClN6O3S/c1-19-13(11-5-9(15)3-4-12(11)24-2)17-18-14(19)25-8-20-7-10(6-16-20)21(22)23/h3-7H,8H2,1-2H3. The Bertz CT molecular complexity index is 925. The van der Waals surface area contributed by atoms with E-state index in [4.69, 9.17) is 16.3 Å². The highest BCUT2D eigenvalue weighted by Crippen LogP contribution is 2.32. The molecule has 3 rings (SSSR count). The highest BCUT2D eigenvalue weighted by atomic mass is 35.5. The fourth-order valence-corrected chi connectivity index (χ4v) is 3.11. The summed E-state index contributed by atoms with van der Waals surface area (Å²) in [7, 11) is 3.40.